The van der Waals surface area contributed by atoms with Crippen LogP contribution in [0.3, 0.4) is 0 Å². The summed E-state index contributed by atoms with van der Waals surface area (Å²) >= 11 is 0. The molecule has 1 aromatic heterocycles. The van der Waals surface area contributed by atoms with Gasteiger partial charge in [0, 0.05) is 13.0 Å². The molecule has 0 amide bonds. The molecule has 0 saturated heterocycles. The molecule has 1 aromatic rings. The molecule has 0 aromatic carbocycles. The first kappa shape index (κ1) is 7.27. The second-order valence-electron chi connectivity index (χ2n) is 2.97. The quantitative estimate of drug-likeness (QED) is 0.635. The molecule has 1 atom stereocenters. The van der Waals surface area contributed by atoms with Gasteiger partial charge in [0.05, 0.1) is 5.92 Å². The SMILES string of the molecule is O=C(O)[C@@H]1CCc2nncn2C1. The third-order valence-electron chi connectivity index (χ3n) is 2.18. The van der Waals surface area contributed by atoms with E-state index in [1.54, 1.807) is 6.33 Å². The fourth-order valence-corrected chi connectivity index (χ4v) is 1.46. The van der Waals surface area contributed by atoms with Crippen molar-refractivity contribution in [2.75, 3.05) is 0 Å². The number of fused-ring (bicyclic) bond motifs is 1. The standard InChI is InChI=1S/C7H9N3O2/c11-7(12)5-1-2-6-9-8-4-10(6)3-5/h4-5H,1-3H2,(H,11,12)/t5-/m1/s1. The molecule has 0 spiro atoms. The highest BCUT2D eigenvalue weighted by Crippen LogP contribution is 2.17. The van der Waals surface area contributed by atoms with Gasteiger partial charge in [-0.15, -0.1) is 10.2 Å². The lowest BCUT2D eigenvalue weighted by atomic mass is 10.00. The van der Waals surface area contributed by atoms with Gasteiger partial charge in [0.1, 0.15) is 12.2 Å². The van der Waals surface area contributed by atoms with Crippen molar-refractivity contribution in [2.24, 2.45) is 5.92 Å². The van der Waals surface area contributed by atoms with Crippen LogP contribution in [0.1, 0.15) is 12.2 Å². The number of carboxylic acid groups (broad SMARTS) is 1. The van der Waals surface area contributed by atoms with Gasteiger partial charge in [-0.05, 0) is 6.42 Å². The summed E-state index contributed by atoms with van der Waals surface area (Å²) in [6.45, 7) is 0.512. The maximum Gasteiger partial charge on any atom is 0.308 e. The maximum absolute atomic E-state index is 10.6. The van der Waals surface area contributed by atoms with Crippen LogP contribution in [-0.2, 0) is 17.8 Å². The monoisotopic (exact) mass is 167 g/mol. The van der Waals surface area contributed by atoms with Crippen molar-refractivity contribution in [1.82, 2.24) is 14.8 Å². The highest BCUT2D eigenvalue weighted by molar-refractivity contribution is 5.70. The highest BCUT2D eigenvalue weighted by atomic mass is 16.4. The van der Waals surface area contributed by atoms with Crippen LogP contribution in [-0.4, -0.2) is 25.8 Å². The summed E-state index contributed by atoms with van der Waals surface area (Å²) in [6, 6.07) is 0. The lowest BCUT2D eigenvalue weighted by Gasteiger charge is -2.18. The third kappa shape index (κ3) is 1.07. The van der Waals surface area contributed by atoms with E-state index in [2.05, 4.69) is 10.2 Å². The Balaban J connectivity index is 2.20. The minimum atomic E-state index is -0.727. The number of carbonyl (C=O) groups is 1. The minimum absolute atomic E-state index is 0.270. The van der Waals surface area contributed by atoms with Crippen LogP contribution in [0.4, 0.5) is 0 Å². The molecule has 0 radical (unpaired) electrons. The predicted octanol–water partition coefficient (Wildman–Crippen LogP) is -0.0749. The number of nitrogens with zero attached hydrogens (tertiary/aromatic N) is 3. The maximum atomic E-state index is 10.6. The number of aliphatic carboxylic acids is 1. The lowest BCUT2D eigenvalue weighted by Crippen LogP contribution is -2.26. The number of hydrogen-bond donors (Lipinski definition) is 1. The number of hydrogen-bond acceptors (Lipinski definition) is 3. The first-order valence-corrected chi connectivity index (χ1v) is 3.87. The van der Waals surface area contributed by atoms with Crippen molar-refractivity contribution >= 4 is 5.97 Å². The Hall–Kier alpha value is -1.39. The smallest absolute Gasteiger partial charge is 0.308 e. The zero-order chi connectivity index (χ0) is 8.55. The van der Waals surface area contributed by atoms with E-state index in [9.17, 15) is 4.79 Å². The normalized spacial score (nSPS) is 21.8. The Morgan fingerprint density at radius 3 is 3.33 bits per heavy atom. The Morgan fingerprint density at radius 2 is 2.58 bits per heavy atom. The van der Waals surface area contributed by atoms with Crippen LogP contribution in [0.5, 0.6) is 0 Å². The molecule has 0 fully saturated rings. The van der Waals surface area contributed by atoms with Crippen molar-refractivity contribution < 1.29 is 9.90 Å². The van der Waals surface area contributed by atoms with Gasteiger partial charge < -0.3 is 9.67 Å². The third-order valence-corrected chi connectivity index (χ3v) is 2.18. The van der Waals surface area contributed by atoms with Gasteiger partial charge in [-0.25, -0.2) is 0 Å². The largest absolute Gasteiger partial charge is 0.481 e. The summed E-state index contributed by atoms with van der Waals surface area (Å²) in [5.74, 6) is -0.102. The molecule has 0 bridgehead atoms. The summed E-state index contributed by atoms with van der Waals surface area (Å²) in [5, 5.41) is 16.3. The Labute approximate surface area is 69.0 Å². The molecule has 0 saturated carbocycles. The molecule has 2 heterocycles. The van der Waals surface area contributed by atoms with Crippen LogP contribution < -0.4 is 0 Å². The molecular formula is C7H9N3O2. The van der Waals surface area contributed by atoms with E-state index >= 15 is 0 Å². The van der Waals surface area contributed by atoms with E-state index in [0.717, 1.165) is 12.2 Å². The van der Waals surface area contributed by atoms with Crippen molar-refractivity contribution in [1.29, 1.82) is 0 Å². The van der Waals surface area contributed by atoms with E-state index < -0.39 is 5.97 Å². The van der Waals surface area contributed by atoms with E-state index in [1.165, 1.54) is 0 Å². The van der Waals surface area contributed by atoms with E-state index in [1.807, 2.05) is 4.57 Å². The summed E-state index contributed by atoms with van der Waals surface area (Å²) in [4.78, 5) is 10.6. The molecule has 5 heteroatoms. The molecule has 1 N–H and O–H groups in total. The highest BCUT2D eigenvalue weighted by Gasteiger charge is 2.24. The van der Waals surface area contributed by atoms with E-state index in [-0.39, 0.29) is 5.92 Å². The molecule has 12 heavy (non-hydrogen) atoms. The summed E-state index contributed by atoms with van der Waals surface area (Å²) < 4.78 is 1.81. The van der Waals surface area contributed by atoms with Gasteiger partial charge in [-0.2, -0.15) is 0 Å². The van der Waals surface area contributed by atoms with Gasteiger partial charge in [-0.1, -0.05) is 0 Å². The summed E-state index contributed by atoms with van der Waals surface area (Å²) in [5.41, 5.74) is 0. The fourth-order valence-electron chi connectivity index (χ4n) is 1.46. The Morgan fingerprint density at radius 1 is 1.75 bits per heavy atom. The topological polar surface area (TPSA) is 68.0 Å². The fraction of sp³-hybridized carbons (Fsp3) is 0.571. The zero-order valence-electron chi connectivity index (χ0n) is 6.47. The van der Waals surface area contributed by atoms with Gasteiger partial charge in [0.15, 0.2) is 0 Å². The average molecular weight is 167 g/mol. The van der Waals surface area contributed by atoms with Crippen LogP contribution in [0.2, 0.25) is 0 Å². The van der Waals surface area contributed by atoms with Gasteiger partial charge >= 0.3 is 5.97 Å². The van der Waals surface area contributed by atoms with Gasteiger partial charge in [0.2, 0.25) is 0 Å². The molecular weight excluding hydrogens is 158 g/mol. The van der Waals surface area contributed by atoms with Crippen LogP contribution in [0.15, 0.2) is 6.33 Å². The molecule has 5 nitrogen and oxygen atoms in total. The lowest BCUT2D eigenvalue weighted by molar-refractivity contribution is -0.142. The average Bonchev–Trinajstić information content (AvgIpc) is 2.49. The van der Waals surface area contributed by atoms with Crippen LogP contribution >= 0.6 is 0 Å². The molecule has 1 aliphatic rings. The number of aryl methyl sites for hydroxylation is 1. The molecule has 0 unspecified atom stereocenters. The number of aromatic nitrogens is 3. The van der Waals surface area contributed by atoms with Gasteiger partial charge in [0.25, 0.3) is 0 Å². The summed E-state index contributed by atoms with van der Waals surface area (Å²) in [6.07, 6.45) is 2.98. The van der Waals surface area contributed by atoms with Crippen LogP contribution in [0, 0.1) is 5.92 Å². The van der Waals surface area contributed by atoms with Crippen molar-refractivity contribution in [2.45, 2.75) is 19.4 Å². The predicted molar refractivity (Wildman–Crippen MR) is 39.5 cm³/mol. The second-order valence-corrected chi connectivity index (χ2v) is 2.97. The molecule has 1 aliphatic heterocycles. The van der Waals surface area contributed by atoms with Crippen LogP contribution in [0.25, 0.3) is 0 Å². The molecule has 64 valence electrons. The summed E-state index contributed by atoms with van der Waals surface area (Å²) in [7, 11) is 0. The Bertz CT molecular complexity index is 307. The van der Waals surface area contributed by atoms with Crippen molar-refractivity contribution in [3.05, 3.63) is 12.2 Å². The first-order valence-electron chi connectivity index (χ1n) is 3.87. The first-order chi connectivity index (χ1) is 5.77. The van der Waals surface area contributed by atoms with E-state index in [4.69, 9.17) is 5.11 Å². The van der Waals surface area contributed by atoms with Gasteiger partial charge in [-0.3, -0.25) is 4.79 Å². The minimum Gasteiger partial charge on any atom is -0.481 e. The van der Waals surface area contributed by atoms with Crippen molar-refractivity contribution in [3.63, 3.8) is 0 Å². The van der Waals surface area contributed by atoms with E-state index in [0.29, 0.717) is 13.0 Å². The Kier molecular flexibility index (Phi) is 1.56. The molecule has 2 rings (SSSR count). The van der Waals surface area contributed by atoms with Crippen molar-refractivity contribution in [3.8, 4) is 0 Å². The molecule has 0 aliphatic carbocycles. The number of rotatable bonds is 1. The second kappa shape index (κ2) is 2.58. The number of carboxylic acids is 1. The zero-order valence-corrected chi connectivity index (χ0v) is 6.47.